The Morgan fingerprint density at radius 1 is 1.26 bits per heavy atom. The molecule has 2 aromatic heterocycles. The van der Waals surface area contributed by atoms with Crippen LogP contribution in [0, 0.1) is 0 Å². The average Bonchev–Trinajstić information content (AvgIpc) is 3.31. The summed E-state index contributed by atoms with van der Waals surface area (Å²) in [5.41, 5.74) is 2.60. The van der Waals surface area contributed by atoms with E-state index in [-0.39, 0.29) is 11.8 Å². The molecule has 4 rings (SSSR count). The quantitative estimate of drug-likeness (QED) is 0.664. The van der Waals surface area contributed by atoms with E-state index in [0.717, 1.165) is 30.5 Å². The van der Waals surface area contributed by atoms with E-state index in [1.807, 2.05) is 23.1 Å². The zero-order chi connectivity index (χ0) is 18.6. The minimum absolute atomic E-state index is 0.128. The van der Waals surface area contributed by atoms with Crippen LogP contribution in [-0.4, -0.2) is 41.3 Å². The topological polar surface area (TPSA) is 62.3 Å². The summed E-state index contributed by atoms with van der Waals surface area (Å²) in [5.74, 6) is 0.0952. The molecule has 1 fully saturated rings. The van der Waals surface area contributed by atoms with E-state index in [4.69, 9.17) is 0 Å². The number of nitrogens with zero attached hydrogens (tertiary/aromatic N) is 2. The van der Waals surface area contributed by atoms with Gasteiger partial charge >= 0.3 is 0 Å². The number of thiophene rings is 1. The molecular weight excluding hydrogens is 358 g/mol. The zero-order valence-electron chi connectivity index (χ0n) is 15.0. The van der Waals surface area contributed by atoms with Crippen molar-refractivity contribution in [1.82, 2.24) is 15.2 Å². The maximum Gasteiger partial charge on any atom is 0.252 e. The van der Waals surface area contributed by atoms with Crippen LogP contribution < -0.4 is 5.32 Å². The number of rotatable bonds is 6. The van der Waals surface area contributed by atoms with Crippen molar-refractivity contribution in [3.63, 3.8) is 0 Å². The van der Waals surface area contributed by atoms with Crippen LogP contribution in [0.5, 0.6) is 0 Å². The summed E-state index contributed by atoms with van der Waals surface area (Å²) in [6.07, 6.45) is 5.75. The first-order chi connectivity index (χ1) is 13.2. The second-order valence-corrected chi connectivity index (χ2v) is 7.61. The monoisotopic (exact) mass is 379 g/mol. The lowest BCUT2D eigenvalue weighted by atomic mass is 10.0. The fourth-order valence-electron chi connectivity index (χ4n) is 3.43. The number of hydrogen-bond acceptors (Lipinski definition) is 4. The zero-order valence-corrected chi connectivity index (χ0v) is 15.8. The predicted molar refractivity (Wildman–Crippen MR) is 108 cm³/mol. The third kappa shape index (κ3) is 3.85. The molecule has 1 aromatic carbocycles. The van der Waals surface area contributed by atoms with Crippen LogP contribution in [0.25, 0.3) is 21.2 Å². The predicted octanol–water partition coefficient (Wildman–Crippen LogP) is 3.71. The summed E-state index contributed by atoms with van der Waals surface area (Å²) in [4.78, 5) is 30.2. The van der Waals surface area contributed by atoms with Gasteiger partial charge in [-0.05, 0) is 30.4 Å². The van der Waals surface area contributed by atoms with Crippen LogP contribution in [-0.2, 0) is 4.79 Å². The third-order valence-corrected chi connectivity index (χ3v) is 5.82. The number of aromatic nitrogens is 1. The van der Waals surface area contributed by atoms with Gasteiger partial charge in [0.25, 0.3) is 5.91 Å². The van der Waals surface area contributed by atoms with E-state index >= 15 is 0 Å². The molecule has 0 aliphatic carbocycles. The highest BCUT2D eigenvalue weighted by Gasteiger charge is 2.19. The van der Waals surface area contributed by atoms with E-state index in [1.165, 1.54) is 10.1 Å². The smallest absolute Gasteiger partial charge is 0.252 e. The summed E-state index contributed by atoms with van der Waals surface area (Å²) in [5, 5.41) is 6.22. The first-order valence-electron chi connectivity index (χ1n) is 9.20. The van der Waals surface area contributed by atoms with Crippen molar-refractivity contribution in [3.05, 3.63) is 53.7 Å². The second-order valence-electron chi connectivity index (χ2n) is 6.70. The lowest BCUT2D eigenvalue weighted by Gasteiger charge is -2.15. The van der Waals surface area contributed by atoms with Crippen LogP contribution in [0.1, 0.15) is 29.6 Å². The Morgan fingerprint density at radius 3 is 3.00 bits per heavy atom. The van der Waals surface area contributed by atoms with E-state index in [9.17, 15) is 9.59 Å². The van der Waals surface area contributed by atoms with Gasteiger partial charge in [0.05, 0.1) is 5.56 Å². The van der Waals surface area contributed by atoms with Crippen LogP contribution in [0.2, 0.25) is 0 Å². The summed E-state index contributed by atoms with van der Waals surface area (Å²) < 4.78 is 1.22. The largest absolute Gasteiger partial charge is 0.352 e. The summed E-state index contributed by atoms with van der Waals surface area (Å²) in [6, 6.07) is 10.1. The Morgan fingerprint density at radius 2 is 2.15 bits per heavy atom. The number of carbonyl (C=O) groups is 2. The summed E-state index contributed by atoms with van der Waals surface area (Å²) in [6.45, 7) is 2.10. The van der Waals surface area contributed by atoms with Gasteiger partial charge in [-0.3, -0.25) is 14.6 Å². The molecule has 0 unspecified atom stereocenters. The molecule has 27 heavy (non-hydrogen) atoms. The molecule has 1 aliphatic heterocycles. The number of nitrogens with one attached hydrogen (secondary N) is 1. The van der Waals surface area contributed by atoms with Crippen LogP contribution in [0.4, 0.5) is 0 Å². The first kappa shape index (κ1) is 17.7. The van der Waals surface area contributed by atoms with E-state index in [0.29, 0.717) is 25.1 Å². The van der Waals surface area contributed by atoms with Crippen molar-refractivity contribution in [2.24, 2.45) is 0 Å². The molecule has 5 nitrogen and oxygen atoms in total. The van der Waals surface area contributed by atoms with Gasteiger partial charge in [-0.25, -0.2) is 0 Å². The maximum absolute atomic E-state index is 12.5. The van der Waals surface area contributed by atoms with Crippen LogP contribution >= 0.6 is 11.3 Å². The van der Waals surface area contributed by atoms with Gasteiger partial charge in [0.1, 0.15) is 0 Å². The van der Waals surface area contributed by atoms with Gasteiger partial charge in [0, 0.05) is 59.7 Å². The lowest BCUT2D eigenvalue weighted by molar-refractivity contribution is -0.127. The number of benzene rings is 1. The molecule has 0 spiro atoms. The Balaban J connectivity index is 1.40. The van der Waals surface area contributed by atoms with Gasteiger partial charge in [0.15, 0.2) is 0 Å². The molecule has 6 heteroatoms. The Labute approximate surface area is 162 Å². The fourth-order valence-corrected chi connectivity index (χ4v) is 4.40. The van der Waals surface area contributed by atoms with Crippen molar-refractivity contribution in [3.8, 4) is 11.1 Å². The van der Waals surface area contributed by atoms with E-state index in [1.54, 1.807) is 23.7 Å². The number of carbonyl (C=O) groups excluding carboxylic acids is 2. The van der Waals surface area contributed by atoms with Crippen molar-refractivity contribution < 1.29 is 9.59 Å². The molecule has 0 radical (unpaired) electrons. The maximum atomic E-state index is 12.5. The molecule has 3 heterocycles. The molecular formula is C21H21N3O2S. The fraction of sp³-hybridized carbons (Fsp3) is 0.286. The molecule has 1 saturated heterocycles. The molecule has 0 atom stereocenters. The molecule has 0 saturated carbocycles. The van der Waals surface area contributed by atoms with E-state index < -0.39 is 0 Å². The Kier molecular flexibility index (Phi) is 5.16. The SMILES string of the molecule is O=C(NCCCN1CCCC1=O)c1cncc(-c2csc3ccccc23)c1. The number of likely N-dealkylation sites (tertiary alicyclic amines) is 1. The Bertz CT molecular complexity index is 982. The highest BCUT2D eigenvalue weighted by molar-refractivity contribution is 7.17. The summed E-state index contributed by atoms with van der Waals surface area (Å²) in [7, 11) is 0. The highest BCUT2D eigenvalue weighted by atomic mass is 32.1. The number of pyridine rings is 1. The third-order valence-electron chi connectivity index (χ3n) is 4.85. The number of amides is 2. The second kappa shape index (κ2) is 7.88. The van der Waals surface area contributed by atoms with Crippen LogP contribution in [0.15, 0.2) is 48.1 Å². The highest BCUT2D eigenvalue weighted by Crippen LogP contribution is 2.33. The number of hydrogen-bond donors (Lipinski definition) is 1. The Hall–Kier alpha value is -2.73. The van der Waals surface area contributed by atoms with Crippen molar-refractivity contribution in [1.29, 1.82) is 0 Å². The molecule has 3 aromatic rings. The lowest BCUT2D eigenvalue weighted by Crippen LogP contribution is -2.30. The van der Waals surface area contributed by atoms with Gasteiger partial charge < -0.3 is 10.2 Å². The minimum Gasteiger partial charge on any atom is -0.352 e. The molecule has 0 bridgehead atoms. The number of fused-ring (bicyclic) bond motifs is 1. The summed E-state index contributed by atoms with van der Waals surface area (Å²) >= 11 is 1.69. The molecule has 138 valence electrons. The van der Waals surface area contributed by atoms with Crippen molar-refractivity contribution >= 4 is 33.2 Å². The molecule has 1 N–H and O–H groups in total. The molecule has 1 aliphatic rings. The van der Waals surface area contributed by atoms with Gasteiger partial charge in [-0.15, -0.1) is 11.3 Å². The van der Waals surface area contributed by atoms with E-state index in [2.05, 4.69) is 27.8 Å². The van der Waals surface area contributed by atoms with Crippen molar-refractivity contribution in [2.45, 2.75) is 19.3 Å². The van der Waals surface area contributed by atoms with Gasteiger partial charge in [-0.1, -0.05) is 18.2 Å². The van der Waals surface area contributed by atoms with Gasteiger partial charge in [0.2, 0.25) is 5.91 Å². The minimum atomic E-state index is -0.128. The van der Waals surface area contributed by atoms with Crippen molar-refractivity contribution in [2.75, 3.05) is 19.6 Å². The average molecular weight is 379 g/mol. The van der Waals surface area contributed by atoms with Crippen LogP contribution in [0.3, 0.4) is 0 Å². The molecule has 2 amide bonds. The normalized spacial score (nSPS) is 14.1. The first-order valence-corrected chi connectivity index (χ1v) is 10.1. The standard InChI is InChI=1S/C21H21N3O2S/c25-20-7-3-9-24(20)10-4-8-23-21(26)16-11-15(12-22-13-16)18-14-27-19-6-2-1-5-17(18)19/h1-2,5-6,11-14H,3-4,7-10H2,(H,23,26). The van der Waals surface area contributed by atoms with Gasteiger partial charge in [-0.2, -0.15) is 0 Å².